The molecule has 0 aromatic heterocycles. The first-order valence-electron chi connectivity index (χ1n) is 6.83. The predicted molar refractivity (Wildman–Crippen MR) is 66.8 cm³/mol. The van der Waals surface area contributed by atoms with Crippen LogP contribution in [0.3, 0.4) is 0 Å². The number of rotatable bonds is 3. The highest BCUT2D eigenvalue weighted by Crippen LogP contribution is 2.29. The minimum atomic E-state index is 0.135. The second-order valence-corrected chi connectivity index (χ2v) is 5.37. The van der Waals surface area contributed by atoms with Gasteiger partial charge in [-0.1, -0.05) is 0 Å². The minimum absolute atomic E-state index is 0.135. The molecule has 102 valence electrons. The second-order valence-electron chi connectivity index (χ2n) is 5.37. The SMILES string of the molecule is O=CN1CCN(C(=O)C2CCC(CO)CC2)CC1. The molecular weight excluding hydrogens is 232 g/mol. The molecule has 5 heteroatoms. The lowest BCUT2D eigenvalue weighted by Gasteiger charge is -2.36. The van der Waals surface area contributed by atoms with Gasteiger partial charge in [-0.15, -0.1) is 0 Å². The Balaban J connectivity index is 1.80. The molecule has 0 spiro atoms. The highest BCUT2D eigenvalue weighted by atomic mass is 16.3. The number of carbonyl (C=O) groups is 2. The van der Waals surface area contributed by atoms with Gasteiger partial charge in [0.25, 0.3) is 0 Å². The summed E-state index contributed by atoms with van der Waals surface area (Å²) in [5.41, 5.74) is 0. The van der Waals surface area contributed by atoms with Gasteiger partial charge < -0.3 is 14.9 Å². The van der Waals surface area contributed by atoms with E-state index < -0.39 is 0 Å². The zero-order valence-corrected chi connectivity index (χ0v) is 10.8. The molecule has 1 aliphatic carbocycles. The number of aliphatic hydroxyl groups is 1. The van der Waals surface area contributed by atoms with Crippen LogP contribution >= 0.6 is 0 Å². The van der Waals surface area contributed by atoms with E-state index >= 15 is 0 Å². The number of piperazine rings is 1. The van der Waals surface area contributed by atoms with Crippen LogP contribution in [0.5, 0.6) is 0 Å². The van der Waals surface area contributed by atoms with Crippen LogP contribution in [0.4, 0.5) is 0 Å². The molecule has 1 aliphatic heterocycles. The monoisotopic (exact) mass is 254 g/mol. The summed E-state index contributed by atoms with van der Waals surface area (Å²) in [6.07, 6.45) is 4.58. The number of hydrogen-bond donors (Lipinski definition) is 1. The third-order valence-corrected chi connectivity index (χ3v) is 4.23. The van der Waals surface area contributed by atoms with Crippen molar-refractivity contribution < 1.29 is 14.7 Å². The molecule has 0 bridgehead atoms. The van der Waals surface area contributed by atoms with Gasteiger partial charge in [0.2, 0.25) is 12.3 Å². The molecule has 1 N–H and O–H groups in total. The first-order chi connectivity index (χ1) is 8.74. The molecule has 2 aliphatic rings. The van der Waals surface area contributed by atoms with Crippen molar-refractivity contribution in [3.8, 4) is 0 Å². The van der Waals surface area contributed by atoms with Crippen molar-refractivity contribution in [1.82, 2.24) is 9.80 Å². The van der Waals surface area contributed by atoms with Crippen molar-refractivity contribution in [2.75, 3.05) is 32.8 Å². The summed E-state index contributed by atoms with van der Waals surface area (Å²) >= 11 is 0. The van der Waals surface area contributed by atoms with Gasteiger partial charge in [0.15, 0.2) is 0 Å². The molecule has 0 unspecified atom stereocenters. The maximum absolute atomic E-state index is 12.3. The lowest BCUT2D eigenvalue weighted by atomic mass is 9.81. The van der Waals surface area contributed by atoms with Crippen LogP contribution in [0.25, 0.3) is 0 Å². The highest BCUT2D eigenvalue weighted by Gasteiger charge is 2.30. The van der Waals surface area contributed by atoms with Gasteiger partial charge in [-0.3, -0.25) is 9.59 Å². The summed E-state index contributed by atoms with van der Waals surface area (Å²) in [7, 11) is 0. The normalized spacial score (nSPS) is 29.2. The van der Waals surface area contributed by atoms with Crippen molar-refractivity contribution in [2.24, 2.45) is 11.8 Å². The van der Waals surface area contributed by atoms with Crippen molar-refractivity contribution in [1.29, 1.82) is 0 Å². The minimum Gasteiger partial charge on any atom is -0.396 e. The molecule has 0 aromatic rings. The lowest BCUT2D eigenvalue weighted by Crippen LogP contribution is -2.50. The van der Waals surface area contributed by atoms with Crippen LogP contribution in [0.2, 0.25) is 0 Å². The van der Waals surface area contributed by atoms with Gasteiger partial charge in [-0.2, -0.15) is 0 Å². The number of carbonyl (C=O) groups excluding carboxylic acids is 2. The van der Waals surface area contributed by atoms with Gasteiger partial charge in [0, 0.05) is 38.7 Å². The van der Waals surface area contributed by atoms with Crippen LogP contribution in [0.15, 0.2) is 0 Å². The molecule has 18 heavy (non-hydrogen) atoms. The zero-order valence-electron chi connectivity index (χ0n) is 10.8. The molecule has 5 nitrogen and oxygen atoms in total. The molecule has 1 saturated heterocycles. The zero-order chi connectivity index (χ0) is 13.0. The van der Waals surface area contributed by atoms with Crippen LogP contribution in [-0.2, 0) is 9.59 Å². The van der Waals surface area contributed by atoms with Crippen LogP contribution < -0.4 is 0 Å². The molecular formula is C13H22N2O3. The number of nitrogens with zero attached hydrogens (tertiary/aromatic N) is 2. The Bertz CT molecular complexity index is 293. The Kier molecular flexibility index (Phi) is 4.58. The Morgan fingerprint density at radius 2 is 1.72 bits per heavy atom. The molecule has 0 radical (unpaired) electrons. The maximum atomic E-state index is 12.3. The molecule has 1 saturated carbocycles. The third kappa shape index (κ3) is 3.02. The van der Waals surface area contributed by atoms with E-state index in [2.05, 4.69) is 0 Å². The fourth-order valence-electron chi connectivity index (χ4n) is 2.90. The molecule has 2 amide bonds. The van der Waals surface area contributed by atoms with Crippen LogP contribution in [-0.4, -0.2) is 60.0 Å². The first kappa shape index (κ1) is 13.3. The maximum Gasteiger partial charge on any atom is 0.225 e. The average Bonchev–Trinajstić information content (AvgIpc) is 2.47. The summed E-state index contributed by atoms with van der Waals surface area (Å²) in [4.78, 5) is 26.5. The molecule has 2 fully saturated rings. The van der Waals surface area contributed by atoms with Gasteiger partial charge >= 0.3 is 0 Å². The number of amides is 2. The molecule has 0 atom stereocenters. The van der Waals surface area contributed by atoms with E-state index in [1.54, 1.807) is 4.90 Å². The fourth-order valence-corrected chi connectivity index (χ4v) is 2.90. The lowest BCUT2D eigenvalue weighted by molar-refractivity contribution is -0.140. The average molecular weight is 254 g/mol. The topological polar surface area (TPSA) is 60.9 Å². The second kappa shape index (κ2) is 6.18. The Hall–Kier alpha value is -1.10. The summed E-state index contributed by atoms with van der Waals surface area (Å²) in [5, 5.41) is 9.09. The Morgan fingerprint density at radius 3 is 2.22 bits per heavy atom. The van der Waals surface area contributed by atoms with Gasteiger partial charge in [-0.25, -0.2) is 0 Å². The first-order valence-corrected chi connectivity index (χ1v) is 6.83. The van der Waals surface area contributed by atoms with E-state index in [4.69, 9.17) is 5.11 Å². The summed E-state index contributed by atoms with van der Waals surface area (Å²) in [5.74, 6) is 0.772. The third-order valence-electron chi connectivity index (χ3n) is 4.23. The highest BCUT2D eigenvalue weighted by molar-refractivity contribution is 5.79. The van der Waals surface area contributed by atoms with Crippen molar-refractivity contribution in [3.05, 3.63) is 0 Å². The molecule has 1 heterocycles. The quantitative estimate of drug-likeness (QED) is 0.726. The Morgan fingerprint density at radius 1 is 1.11 bits per heavy atom. The van der Waals surface area contributed by atoms with E-state index in [0.29, 0.717) is 32.1 Å². The van der Waals surface area contributed by atoms with E-state index in [9.17, 15) is 9.59 Å². The number of aliphatic hydroxyl groups excluding tert-OH is 1. The smallest absolute Gasteiger partial charge is 0.225 e. The van der Waals surface area contributed by atoms with Crippen molar-refractivity contribution >= 4 is 12.3 Å². The van der Waals surface area contributed by atoms with Gasteiger partial charge in [0.1, 0.15) is 0 Å². The van der Waals surface area contributed by atoms with Gasteiger partial charge in [0.05, 0.1) is 0 Å². The number of hydrogen-bond acceptors (Lipinski definition) is 3. The van der Waals surface area contributed by atoms with Crippen LogP contribution in [0, 0.1) is 11.8 Å². The summed E-state index contributed by atoms with van der Waals surface area (Å²) < 4.78 is 0. The van der Waals surface area contributed by atoms with Gasteiger partial charge in [-0.05, 0) is 31.6 Å². The van der Waals surface area contributed by atoms with E-state index in [1.807, 2.05) is 4.90 Å². The van der Waals surface area contributed by atoms with E-state index in [0.717, 1.165) is 32.1 Å². The summed E-state index contributed by atoms with van der Waals surface area (Å²) in [6, 6.07) is 0. The fraction of sp³-hybridized carbons (Fsp3) is 0.846. The van der Waals surface area contributed by atoms with Crippen molar-refractivity contribution in [2.45, 2.75) is 25.7 Å². The Labute approximate surface area is 108 Å². The largest absolute Gasteiger partial charge is 0.396 e. The van der Waals surface area contributed by atoms with E-state index in [-0.39, 0.29) is 18.4 Å². The van der Waals surface area contributed by atoms with Crippen molar-refractivity contribution in [3.63, 3.8) is 0 Å². The van der Waals surface area contributed by atoms with E-state index in [1.165, 1.54) is 0 Å². The standard InChI is InChI=1S/C13H22N2O3/c16-9-11-1-3-12(4-2-11)13(18)15-7-5-14(10-17)6-8-15/h10-12,16H,1-9H2. The summed E-state index contributed by atoms with van der Waals surface area (Å²) in [6.45, 7) is 2.89. The molecule has 2 rings (SSSR count). The predicted octanol–water partition coefficient (Wildman–Crippen LogP) is 0.0857. The van der Waals surface area contributed by atoms with Crippen LogP contribution in [0.1, 0.15) is 25.7 Å². The molecule has 0 aromatic carbocycles.